The van der Waals surface area contributed by atoms with Crippen LogP contribution in [0.2, 0.25) is 0 Å². The van der Waals surface area contributed by atoms with E-state index in [-0.39, 0.29) is 26.1 Å². The van der Waals surface area contributed by atoms with E-state index < -0.39 is 17.7 Å². The first kappa shape index (κ1) is 17.5. The van der Waals surface area contributed by atoms with Gasteiger partial charge >= 0.3 is 11.9 Å². The molecule has 0 unspecified atom stereocenters. The number of hydrogen-bond donors (Lipinski definition) is 2. The number of Topliss-reactive ketones (excluding diaryl/α,β-unsaturated/α-hetero) is 1. The van der Waals surface area contributed by atoms with Crippen molar-refractivity contribution in [1.29, 1.82) is 0 Å². The highest BCUT2D eigenvalue weighted by molar-refractivity contribution is 6.32. The van der Waals surface area contributed by atoms with Crippen molar-refractivity contribution in [3.8, 4) is 0 Å². The van der Waals surface area contributed by atoms with Crippen LogP contribution in [0.25, 0.3) is 0 Å². The monoisotopic (exact) mass is 277 g/mol. The molecule has 0 aromatic heterocycles. The molecule has 0 bridgehead atoms. The maximum Gasteiger partial charge on any atom is 0.372 e. The van der Waals surface area contributed by atoms with Crippen LogP contribution in [0.1, 0.15) is 12.8 Å². The summed E-state index contributed by atoms with van der Waals surface area (Å²) in [5.41, 5.74) is 5.21. The third-order valence-electron chi connectivity index (χ3n) is 1.92. The lowest BCUT2D eigenvalue weighted by Gasteiger charge is -2.06. The molecule has 0 saturated heterocycles. The summed E-state index contributed by atoms with van der Waals surface area (Å²) in [7, 11) is 0. The number of hydrogen-bond acceptors (Lipinski definition) is 7. The van der Waals surface area contributed by atoms with E-state index in [1.54, 1.807) is 0 Å². The van der Waals surface area contributed by atoms with Gasteiger partial charge in [0.25, 0.3) is 0 Å². The summed E-state index contributed by atoms with van der Waals surface area (Å²) in [4.78, 5) is 32.0. The summed E-state index contributed by atoms with van der Waals surface area (Å²) < 4.78 is 14.9. The number of esters is 1. The highest BCUT2D eigenvalue weighted by atomic mass is 16.6. The summed E-state index contributed by atoms with van der Waals surface area (Å²) >= 11 is 0. The van der Waals surface area contributed by atoms with Gasteiger partial charge in [0.15, 0.2) is 0 Å². The molecule has 0 heterocycles. The molecule has 0 spiro atoms. The third-order valence-corrected chi connectivity index (χ3v) is 1.92. The second-order valence-corrected chi connectivity index (χ2v) is 3.46. The third kappa shape index (κ3) is 11.3. The molecule has 0 aliphatic rings. The molecule has 0 aliphatic heterocycles. The maximum absolute atomic E-state index is 11.1. The standard InChI is InChI=1S/C11H19NO7/c12-3-4-17-5-6-18-7-8-19-10(14)2-1-9(13)11(15)16/h1-8,12H2,(H,15,16). The van der Waals surface area contributed by atoms with Gasteiger partial charge in [0, 0.05) is 13.0 Å². The van der Waals surface area contributed by atoms with Gasteiger partial charge in [-0.15, -0.1) is 0 Å². The average molecular weight is 277 g/mol. The zero-order valence-electron chi connectivity index (χ0n) is 10.6. The number of rotatable bonds is 12. The summed E-state index contributed by atoms with van der Waals surface area (Å²) in [6.45, 7) is 1.97. The smallest absolute Gasteiger partial charge is 0.372 e. The Morgan fingerprint density at radius 3 is 2.05 bits per heavy atom. The molecule has 0 fully saturated rings. The number of carboxylic acids is 1. The lowest BCUT2D eigenvalue weighted by molar-refractivity contribution is -0.151. The Labute approximate surface area is 110 Å². The van der Waals surface area contributed by atoms with Crippen molar-refractivity contribution in [2.45, 2.75) is 12.8 Å². The largest absolute Gasteiger partial charge is 0.476 e. The molecule has 8 nitrogen and oxygen atoms in total. The van der Waals surface area contributed by atoms with E-state index in [0.29, 0.717) is 26.4 Å². The number of nitrogens with two attached hydrogens (primary N) is 1. The number of carboxylic acid groups (broad SMARTS) is 1. The number of ketones is 1. The minimum atomic E-state index is -1.55. The van der Waals surface area contributed by atoms with Gasteiger partial charge < -0.3 is 25.1 Å². The molecule has 0 radical (unpaired) electrons. The molecule has 0 aromatic carbocycles. The predicted molar refractivity (Wildman–Crippen MR) is 63.5 cm³/mol. The van der Waals surface area contributed by atoms with Gasteiger partial charge in [-0.25, -0.2) is 4.79 Å². The molecule has 3 N–H and O–H groups in total. The van der Waals surface area contributed by atoms with E-state index in [9.17, 15) is 14.4 Å². The first-order valence-corrected chi connectivity index (χ1v) is 5.85. The Bertz CT molecular complexity index is 293. The SMILES string of the molecule is NCCOCCOCCOC(=O)CCC(=O)C(=O)O. The minimum Gasteiger partial charge on any atom is -0.476 e. The van der Waals surface area contributed by atoms with Crippen molar-refractivity contribution in [3.63, 3.8) is 0 Å². The molecule has 19 heavy (non-hydrogen) atoms. The van der Waals surface area contributed by atoms with Crippen LogP contribution in [0.4, 0.5) is 0 Å². The fourth-order valence-electron chi connectivity index (χ4n) is 1.01. The predicted octanol–water partition coefficient (Wildman–Crippen LogP) is -1.04. The van der Waals surface area contributed by atoms with Crippen LogP contribution in [-0.2, 0) is 28.6 Å². The van der Waals surface area contributed by atoms with Crippen molar-refractivity contribution in [3.05, 3.63) is 0 Å². The second kappa shape index (κ2) is 11.6. The number of ether oxygens (including phenoxy) is 3. The molecule has 110 valence electrons. The first-order valence-electron chi connectivity index (χ1n) is 5.85. The van der Waals surface area contributed by atoms with Gasteiger partial charge in [-0.2, -0.15) is 0 Å². The molecular weight excluding hydrogens is 258 g/mol. The van der Waals surface area contributed by atoms with Crippen LogP contribution >= 0.6 is 0 Å². The minimum absolute atomic E-state index is 0.0526. The topological polar surface area (TPSA) is 125 Å². The second-order valence-electron chi connectivity index (χ2n) is 3.46. The Hall–Kier alpha value is -1.51. The van der Waals surface area contributed by atoms with Crippen LogP contribution in [-0.4, -0.2) is 62.4 Å². The van der Waals surface area contributed by atoms with E-state index in [2.05, 4.69) is 0 Å². The molecule has 0 atom stereocenters. The molecule has 8 heteroatoms. The summed E-state index contributed by atoms with van der Waals surface area (Å²) in [6, 6.07) is 0. The van der Waals surface area contributed by atoms with E-state index in [1.807, 2.05) is 0 Å². The molecule has 0 saturated carbocycles. The molecule has 0 amide bonds. The highest BCUT2D eigenvalue weighted by Gasteiger charge is 2.13. The molecule has 0 aliphatic carbocycles. The zero-order valence-corrected chi connectivity index (χ0v) is 10.6. The van der Waals surface area contributed by atoms with E-state index in [1.165, 1.54) is 0 Å². The fourth-order valence-corrected chi connectivity index (χ4v) is 1.01. The van der Waals surface area contributed by atoms with Gasteiger partial charge in [0.2, 0.25) is 5.78 Å². The molecule has 0 aromatic rings. The lowest BCUT2D eigenvalue weighted by atomic mass is 10.2. The molecule has 0 rings (SSSR count). The molecular formula is C11H19NO7. The Morgan fingerprint density at radius 2 is 1.47 bits per heavy atom. The van der Waals surface area contributed by atoms with E-state index in [4.69, 9.17) is 25.1 Å². The number of aliphatic carboxylic acids is 1. The Morgan fingerprint density at radius 1 is 0.895 bits per heavy atom. The van der Waals surface area contributed by atoms with Crippen LogP contribution in [0, 0.1) is 0 Å². The van der Waals surface area contributed by atoms with Crippen molar-refractivity contribution in [1.82, 2.24) is 0 Å². The van der Waals surface area contributed by atoms with Gasteiger partial charge in [0.1, 0.15) is 6.61 Å². The van der Waals surface area contributed by atoms with E-state index in [0.717, 1.165) is 0 Å². The van der Waals surface area contributed by atoms with Crippen LogP contribution in [0.3, 0.4) is 0 Å². The van der Waals surface area contributed by atoms with Crippen LogP contribution < -0.4 is 5.73 Å². The lowest BCUT2D eigenvalue weighted by Crippen LogP contribution is -2.17. The summed E-state index contributed by atoms with van der Waals surface area (Å²) in [6.07, 6.45) is -0.604. The van der Waals surface area contributed by atoms with Crippen LogP contribution in [0.15, 0.2) is 0 Å². The Kier molecular flexibility index (Phi) is 10.7. The van der Waals surface area contributed by atoms with Gasteiger partial charge in [-0.3, -0.25) is 9.59 Å². The van der Waals surface area contributed by atoms with Gasteiger partial charge in [-0.05, 0) is 0 Å². The Balaban J connectivity index is 3.34. The van der Waals surface area contributed by atoms with Crippen molar-refractivity contribution in [2.75, 3.05) is 39.6 Å². The average Bonchev–Trinajstić information content (AvgIpc) is 2.38. The van der Waals surface area contributed by atoms with Gasteiger partial charge in [0.05, 0.1) is 32.8 Å². The zero-order chi connectivity index (χ0) is 14.5. The quantitative estimate of drug-likeness (QED) is 0.263. The number of carbonyl (C=O) groups excluding carboxylic acids is 2. The first-order chi connectivity index (χ1) is 9.07. The number of carbonyl (C=O) groups is 3. The maximum atomic E-state index is 11.1. The normalized spacial score (nSPS) is 10.2. The summed E-state index contributed by atoms with van der Waals surface area (Å²) in [5.74, 6) is -3.18. The van der Waals surface area contributed by atoms with E-state index >= 15 is 0 Å². The van der Waals surface area contributed by atoms with Crippen molar-refractivity contribution < 1.29 is 33.7 Å². The van der Waals surface area contributed by atoms with Crippen molar-refractivity contribution in [2.24, 2.45) is 5.73 Å². The summed E-state index contributed by atoms with van der Waals surface area (Å²) in [5, 5.41) is 8.29. The van der Waals surface area contributed by atoms with Crippen LogP contribution in [0.5, 0.6) is 0 Å². The fraction of sp³-hybridized carbons (Fsp3) is 0.727. The highest BCUT2D eigenvalue weighted by Crippen LogP contribution is 1.95. The van der Waals surface area contributed by atoms with Gasteiger partial charge in [-0.1, -0.05) is 0 Å². The van der Waals surface area contributed by atoms with Crippen molar-refractivity contribution >= 4 is 17.7 Å².